The molecule has 1 heterocycles. The highest BCUT2D eigenvalue weighted by atomic mass is 19.1. The van der Waals surface area contributed by atoms with E-state index in [0.29, 0.717) is 28.1 Å². The van der Waals surface area contributed by atoms with Crippen molar-refractivity contribution >= 4 is 23.2 Å². The number of nitrogen functional groups attached to an aromatic ring is 1. The Morgan fingerprint density at radius 1 is 1.07 bits per heavy atom. The number of ether oxygens (including phenoxy) is 3. The summed E-state index contributed by atoms with van der Waals surface area (Å²) in [6.45, 7) is 0.133. The highest BCUT2D eigenvalue weighted by Gasteiger charge is 2.27. The summed E-state index contributed by atoms with van der Waals surface area (Å²) in [5, 5.41) is 0. The van der Waals surface area contributed by atoms with E-state index in [9.17, 15) is 14.0 Å². The molecular formula is C20H18FNO5. The monoisotopic (exact) mass is 371 g/mol. The lowest BCUT2D eigenvalue weighted by Crippen LogP contribution is -2.13. The molecule has 0 bridgehead atoms. The summed E-state index contributed by atoms with van der Waals surface area (Å²) in [6.07, 6.45) is 0.0429. The van der Waals surface area contributed by atoms with E-state index in [4.69, 9.17) is 19.9 Å². The minimum absolute atomic E-state index is 0.0206. The van der Waals surface area contributed by atoms with Gasteiger partial charge in [-0.25, -0.2) is 9.18 Å². The molecular weight excluding hydrogens is 353 g/mol. The van der Waals surface area contributed by atoms with E-state index in [1.54, 1.807) is 24.3 Å². The summed E-state index contributed by atoms with van der Waals surface area (Å²) < 4.78 is 28.5. The summed E-state index contributed by atoms with van der Waals surface area (Å²) >= 11 is 0. The van der Waals surface area contributed by atoms with Gasteiger partial charge in [-0.3, -0.25) is 4.79 Å². The van der Waals surface area contributed by atoms with E-state index in [2.05, 4.69) is 0 Å². The Kier molecular flexibility index (Phi) is 5.71. The van der Waals surface area contributed by atoms with Gasteiger partial charge < -0.3 is 19.9 Å². The molecule has 7 heteroatoms. The molecule has 3 rings (SSSR count). The summed E-state index contributed by atoms with van der Waals surface area (Å²) in [6, 6.07) is 12.4. The van der Waals surface area contributed by atoms with Crippen molar-refractivity contribution in [3.63, 3.8) is 0 Å². The van der Waals surface area contributed by atoms with Crippen LogP contribution in [-0.4, -0.2) is 31.8 Å². The first-order valence-electron chi connectivity index (χ1n) is 8.32. The van der Waals surface area contributed by atoms with Crippen molar-refractivity contribution < 1.29 is 28.2 Å². The number of rotatable bonds is 7. The zero-order chi connectivity index (χ0) is 19.2. The first-order valence-corrected chi connectivity index (χ1v) is 8.32. The standard InChI is InChI=1S/C20H18FNO5/c21-15-5-1-13(2-6-15)11-18(23)26-10-9-25-17-12-27-20(24)19(17)14-3-7-16(22)8-4-14/h1-8H,9-12,22H2. The number of carbonyl (C=O) groups excluding carboxylic acids is 2. The van der Waals surface area contributed by atoms with Crippen LogP contribution in [-0.2, 0) is 30.2 Å². The van der Waals surface area contributed by atoms with Crippen LogP contribution in [0.3, 0.4) is 0 Å². The van der Waals surface area contributed by atoms with Gasteiger partial charge in [0.2, 0.25) is 0 Å². The van der Waals surface area contributed by atoms with Crippen molar-refractivity contribution in [3.05, 3.63) is 71.2 Å². The lowest BCUT2D eigenvalue weighted by Gasteiger charge is -2.09. The summed E-state index contributed by atoms with van der Waals surface area (Å²) in [7, 11) is 0. The number of hydrogen-bond donors (Lipinski definition) is 1. The van der Waals surface area contributed by atoms with Gasteiger partial charge in [-0.1, -0.05) is 24.3 Å². The topological polar surface area (TPSA) is 87.8 Å². The molecule has 0 radical (unpaired) electrons. The van der Waals surface area contributed by atoms with Crippen molar-refractivity contribution in [1.29, 1.82) is 0 Å². The van der Waals surface area contributed by atoms with Crippen LogP contribution in [0.5, 0.6) is 0 Å². The van der Waals surface area contributed by atoms with Crippen LogP contribution in [0.4, 0.5) is 10.1 Å². The van der Waals surface area contributed by atoms with Gasteiger partial charge in [0.25, 0.3) is 0 Å². The van der Waals surface area contributed by atoms with Crippen LogP contribution in [0, 0.1) is 5.82 Å². The molecule has 6 nitrogen and oxygen atoms in total. The molecule has 1 aliphatic heterocycles. The van der Waals surface area contributed by atoms with Gasteiger partial charge in [0.05, 0.1) is 6.42 Å². The van der Waals surface area contributed by atoms with E-state index < -0.39 is 11.9 Å². The third-order valence-electron chi connectivity index (χ3n) is 3.90. The van der Waals surface area contributed by atoms with E-state index in [-0.39, 0.29) is 32.1 Å². The van der Waals surface area contributed by atoms with Gasteiger partial charge in [-0.05, 0) is 35.4 Å². The molecule has 2 aromatic carbocycles. The number of carbonyl (C=O) groups is 2. The second kappa shape index (κ2) is 8.35. The third kappa shape index (κ3) is 4.84. The van der Waals surface area contributed by atoms with Crippen LogP contribution in [0.15, 0.2) is 54.3 Å². The van der Waals surface area contributed by atoms with E-state index in [0.717, 1.165) is 0 Å². The molecule has 0 fully saturated rings. The smallest absolute Gasteiger partial charge is 0.342 e. The number of nitrogens with two attached hydrogens (primary N) is 1. The van der Waals surface area contributed by atoms with Crippen LogP contribution in [0.25, 0.3) is 5.57 Å². The molecule has 1 aliphatic rings. The molecule has 140 valence electrons. The second-order valence-electron chi connectivity index (χ2n) is 5.87. The molecule has 0 aromatic heterocycles. The van der Waals surface area contributed by atoms with Gasteiger partial charge in [0.1, 0.15) is 37.0 Å². The molecule has 0 atom stereocenters. The SMILES string of the molecule is Nc1ccc(C2=C(OCCOC(=O)Cc3ccc(F)cc3)COC2=O)cc1. The first kappa shape index (κ1) is 18.4. The summed E-state index contributed by atoms with van der Waals surface area (Å²) in [5.74, 6) is -0.891. The molecule has 0 unspecified atom stereocenters. The fourth-order valence-electron chi connectivity index (χ4n) is 2.57. The van der Waals surface area contributed by atoms with Crippen molar-refractivity contribution in [3.8, 4) is 0 Å². The van der Waals surface area contributed by atoms with E-state index in [1.165, 1.54) is 24.3 Å². The molecule has 0 spiro atoms. The van der Waals surface area contributed by atoms with Crippen molar-refractivity contribution in [2.75, 3.05) is 25.6 Å². The number of esters is 2. The zero-order valence-corrected chi connectivity index (χ0v) is 14.4. The van der Waals surface area contributed by atoms with E-state index in [1.807, 2.05) is 0 Å². The zero-order valence-electron chi connectivity index (χ0n) is 14.4. The van der Waals surface area contributed by atoms with Gasteiger partial charge in [0.15, 0.2) is 0 Å². The van der Waals surface area contributed by atoms with Crippen molar-refractivity contribution in [2.24, 2.45) is 0 Å². The van der Waals surface area contributed by atoms with E-state index >= 15 is 0 Å². The number of hydrogen-bond acceptors (Lipinski definition) is 6. The van der Waals surface area contributed by atoms with Crippen molar-refractivity contribution in [1.82, 2.24) is 0 Å². The van der Waals surface area contributed by atoms with Crippen LogP contribution in [0.1, 0.15) is 11.1 Å². The number of cyclic esters (lactones) is 1. The predicted octanol–water partition coefficient (Wildman–Crippen LogP) is 2.48. The van der Waals surface area contributed by atoms with Crippen LogP contribution < -0.4 is 5.73 Å². The van der Waals surface area contributed by atoms with Gasteiger partial charge in [0, 0.05) is 5.69 Å². The normalized spacial score (nSPS) is 13.4. The molecule has 0 aliphatic carbocycles. The summed E-state index contributed by atoms with van der Waals surface area (Å²) in [5.41, 5.74) is 7.88. The van der Waals surface area contributed by atoms with Crippen LogP contribution >= 0.6 is 0 Å². The van der Waals surface area contributed by atoms with Gasteiger partial charge in [-0.2, -0.15) is 0 Å². The Morgan fingerprint density at radius 3 is 2.48 bits per heavy atom. The molecule has 27 heavy (non-hydrogen) atoms. The Hall–Kier alpha value is -3.35. The second-order valence-corrected chi connectivity index (χ2v) is 5.87. The fraction of sp³-hybridized carbons (Fsp3) is 0.200. The number of halogens is 1. The van der Waals surface area contributed by atoms with Gasteiger partial charge >= 0.3 is 11.9 Å². The number of benzene rings is 2. The fourth-order valence-corrected chi connectivity index (χ4v) is 2.57. The Bertz CT molecular complexity index is 859. The first-order chi connectivity index (χ1) is 13.0. The minimum Gasteiger partial charge on any atom is -0.490 e. The number of anilines is 1. The summed E-state index contributed by atoms with van der Waals surface area (Å²) in [4.78, 5) is 23.7. The highest BCUT2D eigenvalue weighted by molar-refractivity contribution is 6.18. The minimum atomic E-state index is -0.469. The lowest BCUT2D eigenvalue weighted by molar-refractivity contribution is -0.144. The Balaban J connectivity index is 1.51. The molecule has 0 saturated heterocycles. The predicted molar refractivity (Wildman–Crippen MR) is 95.7 cm³/mol. The average Bonchev–Trinajstić information content (AvgIpc) is 3.02. The quantitative estimate of drug-likeness (QED) is 0.457. The average molecular weight is 371 g/mol. The highest BCUT2D eigenvalue weighted by Crippen LogP contribution is 2.27. The van der Waals surface area contributed by atoms with Gasteiger partial charge in [-0.15, -0.1) is 0 Å². The maximum atomic E-state index is 12.8. The third-order valence-corrected chi connectivity index (χ3v) is 3.90. The van der Waals surface area contributed by atoms with Crippen LogP contribution in [0.2, 0.25) is 0 Å². The molecule has 0 saturated carbocycles. The molecule has 0 amide bonds. The molecule has 2 aromatic rings. The lowest BCUT2D eigenvalue weighted by atomic mass is 10.1. The van der Waals surface area contributed by atoms with Crippen molar-refractivity contribution in [2.45, 2.75) is 6.42 Å². The maximum absolute atomic E-state index is 12.8. The largest absolute Gasteiger partial charge is 0.490 e. The Labute approximate surface area is 155 Å². The molecule has 2 N–H and O–H groups in total. The Morgan fingerprint density at radius 2 is 1.78 bits per heavy atom. The maximum Gasteiger partial charge on any atom is 0.342 e.